The molecular formula is C14H22N2O2. The third-order valence-electron chi connectivity index (χ3n) is 5.04. The van der Waals surface area contributed by atoms with E-state index >= 15 is 0 Å². The van der Waals surface area contributed by atoms with E-state index in [1.807, 2.05) is 4.90 Å². The van der Waals surface area contributed by atoms with Crippen LogP contribution >= 0.6 is 0 Å². The number of carbonyl (C=O) groups excluding carboxylic acids is 2. The van der Waals surface area contributed by atoms with E-state index in [1.54, 1.807) is 6.92 Å². The van der Waals surface area contributed by atoms with Crippen LogP contribution in [0.25, 0.3) is 0 Å². The normalized spacial score (nSPS) is 36.6. The number of fused-ring (bicyclic) bond motifs is 1. The van der Waals surface area contributed by atoms with E-state index < -0.39 is 0 Å². The summed E-state index contributed by atoms with van der Waals surface area (Å²) >= 11 is 0. The van der Waals surface area contributed by atoms with E-state index in [2.05, 4.69) is 11.9 Å². The van der Waals surface area contributed by atoms with Crippen molar-refractivity contribution in [3.05, 3.63) is 0 Å². The second-order valence-corrected chi connectivity index (χ2v) is 6.28. The molecular weight excluding hydrogens is 228 g/mol. The zero-order chi connectivity index (χ0) is 12.9. The van der Waals surface area contributed by atoms with E-state index in [4.69, 9.17) is 0 Å². The number of hydrogen-bond acceptors (Lipinski definition) is 3. The Kier molecular flexibility index (Phi) is 2.93. The average molecular weight is 250 g/mol. The van der Waals surface area contributed by atoms with Gasteiger partial charge in [-0.05, 0) is 51.7 Å². The van der Waals surface area contributed by atoms with Crippen molar-refractivity contribution >= 4 is 11.7 Å². The Labute approximate surface area is 108 Å². The molecule has 2 unspecified atom stereocenters. The number of rotatable bonds is 2. The minimum atomic E-state index is 0.231. The maximum atomic E-state index is 12.4. The van der Waals surface area contributed by atoms with Gasteiger partial charge in [0.05, 0.1) is 0 Å². The standard InChI is InChI=1S/C14H22N2O2/c1-9(17)13-11-7-16(8-12(11)13)14(18)10-3-5-15(2)6-4-10/h10-13H,3-8H2,1-2H3. The molecule has 4 nitrogen and oxygen atoms in total. The van der Waals surface area contributed by atoms with Gasteiger partial charge in [0.1, 0.15) is 5.78 Å². The molecule has 0 aromatic rings. The maximum Gasteiger partial charge on any atom is 0.225 e. The first kappa shape index (κ1) is 12.2. The molecule has 3 aliphatic rings. The number of hydrogen-bond donors (Lipinski definition) is 0. The third kappa shape index (κ3) is 1.96. The summed E-state index contributed by atoms with van der Waals surface area (Å²) in [5.41, 5.74) is 0. The molecule has 100 valence electrons. The van der Waals surface area contributed by atoms with E-state index in [9.17, 15) is 9.59 Å². The Bertz CT molecular complexity index is 362. The molecule has 4 heteroatoms. The second kappa shape index (κ2) is 4.34. The molecule has 1 aliphatic carbocycles. The fourth-order valence-corrected chi connectivity index (χ4v) is 3.82. The molecule has 0 bridgehead atoms. The summed E-state index contributed by atoms with van der Waals surface area (Å²) in [7, 11) is 2.11. The molecule has 1 saturated carbocycles. The number of Topliss-reactive ketones (excluding diaryl/α,β-unsaturated/α-hetero) is 1. The minimum absolute atomic E-state index is 0.231. The fraction of sp³-hybridized carbons (Fsp3) is 0.857. The van der Waals surface area contributed by atoms with Crippen molar-refractivity contribution in [1.29, 1.82) is 0 Å². The highest BCUT2D eigenvalue weighted by Gasteiger charge is 2.59. The molecule has 0 radical (unpaired) electrons. The van der Waals surface area contributed by atoms with Crippen LogP contribution in [0.1, 0.15) is 19.8 Å². The van der Waals surface area contributed by atoms with E-state index in [0.717, 1.165) is 39.0 Å². The lowest BCUT2D eigenvalue weighted by Crippen LogP contribution is -2.41. The van der Waals surface area contributed by atoms with E-state index in [1.165, 1.54) is 0 Å². The number of piperidine rings is 2. The summed E-state index contributed by atoms with van der Waals surface area (Å²) in [6.07, 6.45) is 1.99. The first-order valence-corrected chi connectivity index (χ1v) is 7.05. The number of ketones is 1. The van der Waals surface area contributed by atoms with Gasteiger partial charge < -0.3 is 9.80 Å². The van der Waals surface area contributed by atoms with Crippen LogP contribution in [0.4, 0.5) is 0 Å². The maximum absolute atomic E-state index is 12.4. The van der Waals surface area contributed by atoms with Crippen LogP contribution in [0, 0.1) is 23.7 Å². The van der Waals surface area contributed by atoms with Crippen LogP contribution in [0.3, 0.4) is 0 Å². The summed E-state index contributed by atoms with van der Waals surface area (Å²) in [6, 6.07) is 0. The summed E-state index contributed by atoms with van der Waals surface area (Å²) in [5.74, 6) is 2.13. The zero-order valence-electron chi connectivity index (χ0n) is 11.3. The molecule has 0 aromatic heterocycles. The number of amides is 1. The molecule has 18 heavy (non-hydrogen) atoms. The quantitative estimate of drug-likeness (QED) is 0.721. The zero-order valence-corrected chi connectivity index (χ0v) is 11.3. The lowest BCUT2D eigenvalue weighted by molar-refractivity contribution is -0.137. The van der Waals surface area contributed by atoms with Crippen LogP contribution in [0.2, 0.25) is 0 Å². The highest BCUT2D eigenvalue weighted by atomic mass is 16.2. The molecule has 0 aromatic carbocycles. The third-order valence-corrected chi connectivity index (χ3v) is 5.04. The first-order valence-electron chi connectivity index (χ1n) is 7.05. The van der Waals surface area contributed by atoms with Gasteiger partial charge in [-0.15, -0.1) is 0 Å². The van der Waals surface area contributed by atoms with Crippen molar-refractivity contribution in [1.82, 2.24) is 9.80 Å². The lowest BCUT2D eigenvalue weighted by Gasteiger charge is -2.31. The molecule has 3 fully saturated rings. The summed E-state index contributed by atoms with van der Waals surface area (Å²) in [5, 5.41) is 0. The second-order valence-electron chi connectivity index (χ2n) is 6.28. The van der Waals surface area contributed by atoms with Crippen LogP contribution in [0.15, 0.2) is 0 Å². The van der Waals surface area contributed by atoms with Gasteiger partial charge in [0, 0.05) is 24.9 Å². The minimum Gasteiger partial charge on any atom is -0.342 e. The highest BCUT2D eigenvalue weighted by Crippen LogP contribution is 2.52. The Morgan fingerprint density at radius 1 is 1.06 bits per heavy atom. The van der Waals surface area contributed by atoms with Gasteiger partial charge in [-0.1, -0.05) is 0 Å². The molecule has 1 amide bonds. The molecule has 0 spiro atoms. The van der Waals surface area contributed by atoms with Crippen molar-refractivity contribution in [2.75, 3.05) is 33.2 Å². The SMILES string of the molecule is CC(=O)C1C2CN(C(=O)C3CCN(C)CC3)CC21. The number of likely N-dealkylation sites (tertiary alicyclic amines) is 2. The van der Waals surface area contributed by atoms with Gasteiger partial charge in [-0.2, -0.15) is 0 Å². The van der Waals surface area contributed by atoms with Crippen molar-refractivity contribution in [3.8, 4) is 0 Å². The summed E-state index contributed by atoms with van der Waals surface area (Å²) in [6.45, 7) is 5.42. The molecule has 0 N–H and O–H groups in total. The molecule has 2 heterocycles. The van der Waals surface area contributed by atoms with Crippen LogP contribution < -0.4 is 0 Å². The van der Waals surface area contributed by atoms with Crippen LogP contribution in [-0.2, 0) is 9.59 Å². The predicted octanol–water partition coefficient (Wildman–Crippen LogP) is 0.622. The van der Waals surface area contributed by atoms with Crippen LogP contribution in [0.5, 0.6) is 0 Å². The lowest BCUT2D eigenvalue weighted by atomic mass is 9.95. The Hall–Kier alpha value is -0.900. The van der Waals surface area contributed by atoms with Crippen molar-refractivity contribution < 1.29 is 9.59 Å². The first-order chi connectivity index (χ1) is 8.58. The van der Waals surface area contributed by atoms with Gasteiger partial charge in [-0.25, -0.2) is 0 Å². The van der Waals surface area contributed by atoms with Crippen molar-refractivity contribution in [3.63, 3.8) is 0 Å². The Morgan fingerprint density at radius 2 is 1.61 bits per heavy atom. The van der Waals surface area contributed by atoms with Crippen molar-refractivity contribution in [2.24, 2.45) is 23.7 Å². The van der Waals surface area contributed by atoms with Gasteiger partial charge in [0.15, 0.2) is 0 Å². The summed E-state index contributed by atoms with van der Waals surface area (Å²) < 4.78 is 0. The summed E-state index contributed by atoms with van der Waals surface area (Å²) in [4.78, 5) is 28.0. The number of carbonyl (C=O) groups is 2. The van der Waals surface area contributed by atoms with Crippen molar-refractivity contribution in [2.45, 2.75) is 19.8 Å². The molecule has 2 aliphatic heterocycles. The Morgan fingerprint density at radius 3 is 2.11 bits per heavy atom. The largest absolute Gasteiger partial charge is 0.342 e. The fourth-order valence-electron chi connectivity index (χ4n) is 3.82. The average Bonchev–Trinajstić information content (AvgIpc) is 2.86. The van der Waals surface area contributed by atoms with Gasteiger partial charge >= 0.3 is 0 Å². The van der Waals surface area contributed by atoms with Gasteiger partial charge in [0.25, 0.3) is 0 Å². The van der Waals surface area contributed by atoms with Gasteiger partial charge in [0.2, 0.25) is 5.91 Å². The van der Waals surface area contributed by atoms with E-state index in [-0.39, 0.29) is 11.8 Å². The molecule has 2 saturated heterocycles. The van der Waals surface area contributed by atoms with Crippen LogP contribution in [-0.4, -0.2) is 54.7 Å². The smallest absolute Gasteiger partial charge is 0.225 e. The monoisotopic (exact) mass is 250 g/mol. The topological polar surface area (TPSA) is 40.6 Å². The molecule has 3 rings (SSSR count). The predicted molar refractivity (Wildman–Crippen MR) is 68.0 cm³/mol. The highest BCUT2D eigenvalue weighted by molar-refractivity contribution is 5.84. The van der Waals surface area contributed by atoms with E-state index in [0.29, 0.717) is 23.5 Å². The Balaban J connectivity index is 1.53. The molecule has 2 atom stereocenters. The van der Waals surface area contributed by atoms with Gasteiger partial charge in [-0.3, -0.25) is 9.59 Å². The number of nitrogens with zero attached hydrogens (tertiary/aromatic N) is 2.